The first-order valence-electron chi connectivity index (χ1n) is 17.3. The van der Waals surface area contributed by atoms with Crippen molar-refractivity contribution in [1.29, 1.82) is 0 Å². The van der Waals surface area contributed by atoms with Gasteiger partial charge in [-0.2, -0.15) is 0 Å². The Labute approximate surface area is 284 Å². The van der Waals surface area contributed by atoms with Gasteiger partial charge in [-0.25, -0.2) is 0 Å². The van der Waals surface area contributed by atoms with Gasteiger partial charge < -0.3 is 13.6 Å². The molecule has 0 saturated heterocycles. The lowest BCUT2D eigenvalue weighted by molar-refractivity contribution is 0.433. The second-order valence-electron chi connectivity index (χ2n) is 14.4. The quantitative estimate of drug-likeness (QED) is 0.260. The molecule has 1 aliphatic carbocycles. The number of hydrogen-bond donors (Lipinski definition) is 1. The molecular formula is C42H51N3OSi. The minimum absolute atomic E-state index is 0.0400. The van der Waals surface area contributed by atoms with Gasteiger partial charge in [0.1, 0.15) is 5.76 Å². The fourth-order valence-corrected chi connectivity index (χ4v) is 11.4. The smallest absolute Gasteiger partial charge is 0.497 e. The average Bonchev–Trinajstić information content (AvgIpc) is 3.04. The van der Waals surface area contributed by atoms with Gasteiger partial charge in [0.2, 0.25) is 0 Å². The van der Waals surface area contributed by atoms with Gasteiger partial charge in [0.25, 0.3) is 0 Å². The maximum Gasteiger partial charge on any atom is 0.584 e. The number of fused-ring (bicyclic) bond motifs is 1. The zero-order valence-corrected chi connectivity index (χ0v) is 30.6. The highest BCUT2D eigenvalue weighted by molar-refractivity contribution is 6.81. The molecule has 1 N–H and O–H groups in total. The highest BCUT2D eigenvalue weighted by Gasteiger charge is 2.62. The third kappa shape index (κ3) is 5.64. The van der Waals surface area contributed by atoms with Crippen LogP contribution in [-0.2, 0) is 4.43 Å². The minimum Gasteiger partial charge on any atom is -0.497 e. The SMILES string of the molecule is C=C1C=C(C)N(c2c(C(C)C)cccc2C(C)C)[Si]2(NC3C=CC=CC3=C(c3ccccc3)O2)N1c1c(C(C)C)cccc1C(C)C. The number of nitrogens with one attached hydrogen (secondary N) is 1. The molecule has 0 amide bonds. The molecule has 4 nitrogen and oxygen atoms in total. The van der Waals surface area contributed by atoms with Gasteiger partial charge in [0, 0.05) is 33.9 Å². The van der Waals surface area contributed by atoms with Crippen molar-refractivity contribution in [3.63, 3.8) is 0 Å². The molecule has 244 valence electrons. The number of anilines is 2. The predicted molar refractivity (Wildman–Crippen MR) is 202 cm³/mol. The number of nitrogens with zero attached hydrogens (tertiary/aromatic N) is 2. The number of hydrogen-bond acceptors (Lipinski definition) is 4. The first kappa shape index (κ1) is 32.9. The van der Waals surface area contributed by atoms with E-state index >= 15 is 0 Å². The van der Waals surface area contributed by atoms with Crippen molar-refractivity contribution >= 4 is 25.9 Å². The largest absolute Gasteiger partial charge is 0.584 e. The summed E-state index contributed by atoms with van der Waals surface area (Å²) >= 11 is 0. The second-order valence-corrected chi connectivity index (χ2v) is 17.0. The molecule has 6 rings (SSSR count). The Morgan fingerprint density at radius 3 is 1.70 bits per heavy atom. The van der Waals surface area contributed by atoms with Crippen LogP contribution in [0.4, 0.5) is 11.4 Å². The van der Waals surface area contributed by atoms with Crippen LogP contribution in [0.1, 0.15) is 114 Å². The van der Waals surface area contributed by atoms with Crippen LogP contribution >= 0.6 is 0 Å². The van der Waals surface area contributed by atoms with Gasteiger partial charge in [-0.05, 0) is 58.9 Å². The van der Waals surface area contributed by atoms with E-state index in [0.29, 0.717) is 23.7 Å². The van der Waals surface area contributed by atoms with E-state index in [1.54, 1.807) is 0 Å². The van der Waals surface area contributed by atoms with Crippen LogP contribution in [0.15, 0.2) is 121 Å². The fraction of sp³-hybridized carbons (Fsp3) is 0.333. The summed E-state index contributed by atoms with van der Waals surface area (Å²) < 4.78 is 13.0. The molecule has 2 aliphatic heterocycles. The third-order valence-electron chi connectivity index (χ3n) is 9.67. The molecule has 0 radical (unpaired) electrons. The molecule has 2 unspecified atom stereocenters. The van der Waals surface area contributed by atoms with Crippen LogP contribution in [0.2, 0.25) is 0 Å². The van der Waals surface area contributed by atoms with Crippen molar-refractivity contribution in [2.75, 3.05) is 9.13 Å². The van der Waals surface area contributed by atoms with E-state index in [-0.39, 0.29) is 6.04 Å². The van der Waals surface area contributed by atoms with Crippen LogP contribution in [0.25, 0.3) is 5.76 Å². The normalized spacial score (nSPS) is 21.0. The Kier molecular flexibility index (Phi) is 8.99. The topological polar surface area (TPSA) is 27.7 Å². The molecule has 0 bridgehead atoms. The number of benzene rings is 3. The molecule has 3 aromatic carbocycles. The van der Waals surface area contributed by atoms with E-state index < -0.39 is 8.80 Å². The molecular weight excluding hydrogens is 591 g/mol. The van der Waals surface area contributed by atoms with E-state index in [0.717, 1.165) is 28.3 Å². The molecule has 0 fully saturated rings. The fourth-order valence-electron chi connectivity index (χ4n) is 7.42. The van der Waals surface area contributed by atoms with E-state index in [9.17, 15) is 0 Å². The van der Waals surface area contributed by atoms with Crippen molar-refractivity contribution in [2.45, 2.75) is 92.0 Å². The molecule has 2 atom stereocenters. The van der Waals surface area contributed by atoms with Crippen LogP contribution < -0.4 is 14.1 Å². The van der Waals surface area contributed by atoms with Crippen LogP contribution in [-0.4, -0.2) is 14.8 Å². The van der Waals surface area contributed by atoms with E-state index in [2.05, 4.69) is 174 Å². The van der Waals surface area contributed by atoms with Crippen molar-refractivity contribution in [3.05, 3.63) is 148 Å². The Hall–Kier alpha value is -4.06. The third-order valence-corrected chi connectivity index (χ3v) is 13.1. The Bertz CT molecular complexity index is 1740. The highest BCUT2D eigenvalue weighted by atomic mass is 28.4. The number of rotatable bonds is 7. The lowest BCUT2D eigenvalue weighted by Gasteiger charge is -2.56. The van der Waals surface area contributed by atoms with Crippen LogP contribution in [0.5, 0.6) is 0 Å². The summed E-state index contributed by atoms with van der Waals surface area (Å²) in [5.74, 6) is 2.17. The molecule has 5 heteroatoms. The number of allylic oxidation sites excluding steroid dienone is 4. The average molecular weight is 642 g/mol. The summed E-state index contributed by atoms with van der Waals surface area (Å²) in [4.78, 5) is 4.26. The van der Waals surface area contributed by atoms with Crippen molar-refractivity contribution in [2.24, 2.45) is 0 Å². The monoisotopic (exact) mass is 641 g/mol. The maximum atomic E-state index is 7.86. The maximum absolute atomic E-state index is 7.86. The minimum atomic E-state index is -3.49. The van der Waals surface area contributed by atoms with Gasteiger partial charge in [-0.15, -0.1) is 0 Å². The molecule has 2 heterocycles. The van der Waals surface area contributed by atoms with Gasteiger partial charge in [-0.3, -0.25) is 4.98 Å². The molecule has 0 aromatic heterocycles. The summed E-state index contributed by atoms with van der Waals surface area (Å²) in [6.07, 6.45) is 11.0. The van der Waals surface area contributed by atoms with Crippen molar-refractivity contribution < 1.29 is 4.43 Å². The van der Waals surface area contributed by atoms with Crippen LogP contribution in [0.3, 0.4) is 0 Å². The Morgan fingerprint density at radius 1 is 0.681 bits per heavy atom. The molecule has 47 heavy (non-hydrogen) atoms. The lowest BCUT2D eigenvalue weighted by atomic mass is 9.92. The van der Waals surface area contributed by atoms with Gasteiger partial charge >= 0.3 is 8.80 Å². The summed E-state index contributed by atoms with van der Waals surface area (Å²) in [6.45, 7) is 25.4. The lowest BCUT2D eigenvalue weighted by Crippen LogP contribution is -2.80. The van der Waals surface area contributed by atoms with Crippen molar-refractivity contribution in [1.82, 2.24) is 4.98 Å². The van der Waals surface area contributed by atoms with Gasteiger partial charge in [0.05, 0.1) is 6.04 Å². The highest BCUT2D eigenvalue weighted by Crippen LogP contribution is 2.50. The summed E-state index contributed by atoms with van der Waals surface area (Å²) in [6, 6.07) is 24.3. The molecule has 1 spiro atoms. The van der Waals surface area contributed by atoms with Gasteiger partial charge in [-0.1, -0.05) is 153 Å². The molecule has 0 saturated carbocycles. The number of para-hydroxylation sites is 2. The van der Waals surface area contributed by atoms with Crippen molar-refractivity contribution in [3.8, 4) is 0 Å². The molecule has 3 aromatic rings. The standard InChI is InChI=1S/C42H51N3OSi/c1-27(2)34-21-16-22-35(28(3)4)40(34)44-31(9)26-32(10)45(41-36(29(5)6)23-17-24-37(41)30(7)8)47(44)43-39-25-15-14-20-38(39)42(46-47)33-18-12-11-13-19-33/h11-30,39,43H,9H2,1-8,10H3. The first-order chi connectivity index (χ1) is 22.5. The predicted octanol–water partition coefficient (Wildman–Crippen LogP) is 10.9. The van der Waals surface area contributed by atoms with Crippen LogP contribution in [0, 0.1) is 0 Å². The van der Waals surface area contributed by atoms with E-state index in [1.807, 2.05) is 0 Å². The molecule has 3 aliphatic rings. The second kappa shape index (κ2) is 12.9. The zero-order valence-electron chi connectivity index (χ0n) is 29.6. The zero-order chi connectivity index (χ0) is 33.6. The summed E-state index contributed by atoms with van der Waals surface area (Å²) in [7, 11) is -3.49. The Balaban J connectivity index is 1.77. The Morgan fingerprint density at radius 2 is 1.19 bits per heavy atom. The van der Waals surface area contributed by atoms with Gasteiger partial charge in [0.15, 0.2) is 0 Å². The van der Waals surface area contributed by atoms with E-state index in [4.69, 9.17) is 11.0 Å². The summed E-state index contributed by atoms with van der Waals surface area (Å²) in [5, 5.41) is 0. The first-order valence-corrected chi connectivity index (χ1v) is 19.1. The van der Waals surface area contributed by atoms with E-state index in [1.165, 1.54) is 33.6 Å². The summed E-state index contributed by atoms with van der Waals surface area (Å²) in [5.41, 5.74) is 12.1.